The predicted octanol–water partition coefficient (Wildman–Crippen LogP) is 0.184. The summed E-state index contributed by atoms with van der Waals surface area (Å²) in [5, 5.41) is 4.33. The second-order valence-electron chi connectivity index (χ2n) is 1.62. The lowest BCUT2D eigenvalue weighted by Crippen LogP contribution is -2.07. The van der Waals surface area contributed by atoms with Gasteiger partial charge < -0.3 is 4.42 Å². The molecular weight excluding hydrogens is 154 g/mol. The molecular formula is C5H9NO3S. The van der Waals surface area contributed by atoms with Crippen LogP contribution in [0, 0.1) is 0 Å². The number of furan rings is 1. The summed E-state index contributed by atoms with van der Waals surface area (Å²) in [6, 6.07) is 3.67. The van der Waals surface area contributed by atoms with Crippen LogP contribution >= 0.6 is 0 Å². The molecule has 1 heterocycles. The molecule has 0 radical (unpaired) electrons. The van der Waals surface area contributed by atoms with Gasteiger partial charge in [-0.05, 0) is 12.1 Å². The van der Waals surface area contributed by atoms with Crippen LogP contribution in [0.1, 0.15) is 0 Å². The number of hydrogen-bond donors (Lipinski definition) is 1. The third-order valence-electron chi connectivity index (χ3n) is 0.425. The summed E-state index contributed by atoms with van der Waals surface area (Å²) in [6.07, 6.45) is 4.19. The molecule has 0 atom stereocenters. The monoisotopic (exact) mass is 163 g/mol. The number of hydrogen-bond acceptors (Lipinski definition) is 3. The van der Waals surface area contributed by atoms with Crippen molar-refractivity contribution >= 4 is 10.0 Å². The summed E-state index contributed by atoms with van der Waals surface area (Å²) in [7, 11) is -3.17. The third-order valence-corrected chi connectivity index (χ3v) is 0.425. The van der Waals surface area contributed by atoms with Crippen LogP contribution in [0.3, 0.4) is 0 Å². The van der Waals surface area contributed by atoms with Crippen LogP contribution < -0.4 is 5.14 Å². The van der Waals surface area contributed by atoms with Gasteiger partial charge in [0.05, 0.1) is 18.8 Å². The first-order valence-electron chi connectivity index (χ1n) is 2.45. The van der Waals surface area contributed by atoms with Crippen molar-refractivity contribution in [3.8, 4) is 0 Å². The highest BCUT2D eigenvalue weighted by molar-refractivity contribution is 7.88. The largest absolute Gasteiger partial charge is 0.473 e. The maximum atomic E-state index is 9.41. The van der Waals surface area contributed by atoms with Crippen LogP contribution in [-0.2, 0) is 10.0 Å². The fraction of sp³-hybridized carbons (Fsp3) is 0.200. The van der Waals surface area contributed by atoms with Crippen LogP contribution in [-0.4, -0.2) is 14.7 Å². The molecule has 5 heteroatoms. The topological polar surface area (TPSA) is 73.3 Å². The van der Waals surface area contributed by atoms with Crippen molar-refractivity contribution in [3.05, 3.63) is 24.7 Å². The minimum atomic E-state index is -3.17. The van der Waals surface area contributed by atoms with Crippen molar-refractivity contribution in [1.29, 1.82) is 0 Å². The molecule has 0 saturated heterocycles. The molecule has 0 aliphatic rings. The molecule has 0 aromatic carbocycles. The zero-order chi connectivity index (χ0) is 8.04. The molecule has 0 spiro atoms. The Hall–Kier alpha value is -0.810. The Bertz CT molecular complexity index is 213. The van der Waals surface area contributed by atoms with Crippen molar-refractivity contribution in [3.63, 3.8) is 0 Å². The van der Waals surface area contributed by atoms with Gasteiger partial charge in [-0.25, -0.2) is 13.6 Å². The quantitative estimate of drug-likeness (QED) is 0.593. The van der Waals surface area contributed by atoms with Crippen molar-refractivity contribution in [1.82, 2.24) is 0 Å². The van der Waals surface area contributed by atoms with Crippen molar-refractivity contribution in [2.45, 2.75) is 0 Å². The number of primary sulfonamides is 1. The van der Waals surface area contributed by atoms with E-state index in [0.29, 0.717) is 0 Å². The third kappa shape index (κ3) is 15.7. The lowest BCUT2D eigenvalue weighted by atomic mass is 10.7. The van der Waals surface area contributed by atoms with Gasteiger partial charge in [0, 0.05) is 0 Å². The molecule has 0 saturated carbocycles. The van der Waals surface area contributed by atoms with Crippen molar-refractivity contribution in [2.24, 2.45) is 5.14 Å². The fourth-order valence-corrected chi connectivity index (χ4v) is 0.227. The van der Waals surface area contributed by atoms with Crippen LogP contribution in [0.25, 0.3) is 0 Å². The van der Waals surface area contributed by atoms with E-state index >= 15 is 0 Å². The molecule has 0 aliphatic heterocycles. The van der Waals surface area contributed by atoms with E-state index in [0.717, 1.165) is 6.26 Å². The summed E-state index contributed by atoms with van der Waals surface area (Å²) in [4.78, 5) is 0. The highest BCUT2D eigenvalue weighted by atomic mass is 32.2. The molecule has 1 aromatic rings. The minimum Gasteiger partial charge on any atom is -0.473 e. The number of sulfonamides is 1. The Morgan fingerprint density at radius 2 is 1.60 bits per heavy atom. The maximum Gasteiger partial charge on any atom is 0.206 e. The zero-order valence-corrected chi connectivity index (χ0v) is 6.34. The van der Waals surface area contributed by atoms with Gasteiger partial charge in [0.2, 0.25) is 10.0 Å². The van der Waals surface area contributed by atoms with Gasteiger partial charge in [-0.3, -0.25) is 0 Å². The van der Waals surface area contributed by atoms with Crippen LogP contribution in [0.2, 0.25) is 0 Å². The molecule has 0 bridgehead atoms. The number of nitrogens with two attached hydrogens (primary N) is 1. The van der Waals surface area contributed by atoms with Gasteiger partial charge in [-0.2, -0.15) is 0 Å². The average molecular weight is 163 g/mol. The molecule has 1 aromatic heterocycles. The van der Waals surface area contributed by atoms with Gasteiger partial charge >= 0.3 is 0 Å². The van der Waals surface area contributed by atoms with Crippen molar-refractivity contribution < 1.29 is 12.8 Å². The van der Waals surface area contributed by atoms with E-state index in [1.165, 1.54) is 0 Å². The molecule has 10 heavy (non-hydrogen) atoms. The molecule has 0 amide bonds. The summed E-state index contributed by atoms with van der Waals surface area (Å²) in [5.74, 6) is 0. The lowest BCUT2D eigenvalue weighted by Gasteiger charge is -1.71. The van der Waals surface area contributed by atoms with Gasteiger partial charge in [0.15, 0.2) is 0 Å². The van der Waals surface area contributed by atoms with Crippen LogP contribution in [0.4, 0.5) is 0 Å². The molecule has 0 fully saturated rings. The molecule has 0 unspecified atom stereocenters. The standard InChI is InChI=1S/C4H4O.CH5NO2S/c1-2-4-5-3-1;1-5(2,3)4/h1-4H;1H3,(H2,2,3,4). The van der Waals surface area contributed by atoms with E-state index in [1.807, 2.05) is 12.1 Å². The highest BCUT2D eigenvalue weighted by Crippen LogP contribution is 1.79. The first-order chi connectivity index (χ1) is 4.50. The van der Waals surface area contributed by atoms with E-state index in [-0.39, 0.29) is 0 Å². The molecule has 58 valence electrons. The van der Waals surface area contributed by atoms with Gasteiger partial charge in [0.1, 0.15) is 0 Å². The molecule has 2 N–H and O–H groups in total. The first-order valence-corrected chi connectivity index (χ1v) is 4.40. The zero-order valence-electron chi connectivity index (χ0n) is 5.52. The van der Waals surface area contributed by atoms with Gasteiger partial charge in [-0.1, -0.05) is 0 Å². The molecule has 4 nitrogen and oxygen atoms in total. The minimum absolute atomic E-state index is 0.938. The average Bonchev–Trinajstić information content (AvgIpc) is 2.07. The summed E-state index contributed by atoms with van der Waals surface area (Å²) in [6.45, 7) is 0. The fourth-order valence-electron chi connectivity index (χ4n) is 0.227. The predicted molar refractivity (Wildman–Crippen MR) is 37.7 cm³/mol. The van der Waals surface area contributed by atoms with E-state index in [9.17, 15) is 8.42 Å². The van der Waals surface area contributed by atoms with Crippen molar-refractivity contribution in [2.75, 3.05) is 6.26 Å². The first kappa shape index (κ1) is 9.19. The van der Waals surface area contributed by atoms with Crippen LogP contribution in [0.5, 0.6) is 0 Å². The Kier molecular flexibility index (Phi) is 3.75. The summed E-state index contributed by atoms with van der Waals surface area (Å²) in [5.41, 5.74) is 0. The van der Waals surface area contributed by atoms with E-state index in [1.54, 1.807) is 12.5 Å². The lowest BCUT2D eigenvalue weighted by molar-refractivity contribution is 0.567. The molecule has 1 rings (SSSR count). The number of rotatable bonds is 0. The highest BCUT2D eigenvalue weighted by Gasteiger charge is 1.78. The Balaban J connectivity index is 0.000000162. The summed E-state index contributed by atoms with van der Waals surface area (Å²) >= 11 is 0. The van der Waals surface area contributed by atoms with E-state index in [4.69, 9.17) is 0 Å². The van der Waals surface area contributed by atoms with Gasteiger partial charge in [-0.15, -0.1) is 0 Å². The van der Waals surface area contributed by atoms with Gasteiger partial charge in [0.25, 0.3) is 0 Å². The maximum absolute atomic E-state index is 9.41. The van der Waals surface area contributed by atoms with E-state index in [2.05, 4.69) is 9.56 Å². The smallest absolute Gasteiger partial charge is 0.206 e. The second kappa shape index (κ2) is 4.08. The SMILES string of the molecule is CS(N)(=O)=O.c1ccoc1. The molecule has 0 aliphatic carbocycles. The Labute approximate surface area is 59.7 Å². The summed E-state index contributed by atoms with van der Waals surface area (Å²) < 4.78 is 23.4. The second-order valence-corrected chi connectivity index (χ2v) is 3.28. The Morgan fingerprint density at radius 1 is 1.30 bits per heavy atom. The Morgan fingerprint density at radius 3 is 1.70 bits per heavy atom. The van der Waals surface area contributed by atoms with E-state index < -0.39 is 10.0 Å². The normalized spacial score (nSPS) is 9.80. The van der Waals surface area contributed by atoms with Crippen LogP contribution in [0.15, 0.2) is 29.1 Å².